The van der Waals surface area contributed by atoms with Crippen LogP contribution >= 0.6 is 0 Å². The monoisotopic (exact) mass is 393 g/mol. The Hall–Kier alpha value is -2.76. The summed E-state index contributed by atoms with van der Waals surface area (Å²) in [5.74, 6) is 1.69. The van der Waals surface area contributed by atoms with Crippen molar-refractivity contribution in [2.45, 2.75) is 6.10 Å². The van der Waals surface area contributed by atoms with Crippen LogP contribution in [0.25, 0.3) is 10.8 Å². The van der Waals surface area contributed by atoms with Gasteiger partial charge >= 0.3 is 0 Å². The number of aliphatic hydroxyl groups is 1. The molecule has 2 N–H and O–H groups in total. The number of ether oxygens (including phenoxy) is 2. The first-order valence-corrected chi connectivity index (χ1v) is 10.2. The number of methoxy groups -OCH3 is 1. The van der Waals surface area contributed by atoms with E-state index < -0.39 is 6.10 Å². The maximum Gasteiger partial charge on any atom is 0.137 e. The topological polar surface area (TPSA) is 46.4 Å². The van der Waals surface area contributed by atoms with Crippen molar-refractivity contribution in [2.24, 2.45) is 0 Å². The second kappa shape index (κ2) is 9.16. The number of anilines is 1. The summed E-state index contributed by atoms with van der Waals surface area (Å²) < 4.78 is 11.1. The predicted octanol–water partition coefficient (Wildman–Crippen LogP) is 1.99. The molecule has 1 saturated heterocycles. The highest BCUT2D eigenvalue weighted by Crippen LogP contribution is 2.21. The molecular weight excluding hydrogens is 364 g/mol. The van der Waals surface area contributed by atoms with Gasteiger partial charge in [-0.2, -0.15) is 0 Å². The Labute approximate surface area is 172 Å². The van der Waals surface area contributed by atoms with Gasteiger partial charge in [-0.15, -0.1) is 0 Å². The van der Waals surface area contributed by atoms with Crippen LogP contribution in [0.5, 0.6) is 11.5 Å². The summed E-state index contributed by atoms with van der Waals surface area (Å²) >= 11 is 0. The second-order valence-electron chi connectivity index (χ2n) is 7.61. The van der Waals surface area contributed by atoms with Crippen molar-refractivity contribution in [3.05, 3.63) is 66.7 Å². The van der Waals surface area contributed by atoms with Crippen molar-refractivity contribution in [1.82, 2.24) is 0 Å². The SMILES string of the molecule is COc1ccc(N2CC[NH+](C[C@@H](O)COc3ccc4ccccc4c3)CC2)cc1. The number of quaternary nitrogens is 1. The van der Waals surface area contributed by atoms with Gasteiger partial charge in [0.2, 0.25) is 0 Å². The minimum Gasteiger partial charge on any atom is -0.497 e. The van der Waals surface area contributed by atoms with Gasteiger partial charge in [0.05, 0.1) is 33.3 Å². The number of piperazine rings is 1. The van der Waals surface area contributed by atoms with Gasteiger partial charge in [0, 0.05) is 5.69 Å². The quantitative estimate of drug-likeness (QED) is 0.645. The number of fused-ring (bicyclic) bond motifs is 1. The first-order chi connectivity index (χ1) is 14.2. The summed E-state index contributed by atoms with van der Waals surface area (Å²) in [5.41, 5.74) is 1.23. The second-order valence-corrected chi connectivity index (χ2v) is 7.61. The van der Waals surface area contributed by atoms with Crippen LogP contribution in [-0.4, -0.2) is 57.7 Å². The molecule has 1 aliphatic rings. The van der Waals surface area contributed by atoms with Gasteiger partial charge in [-0.1, -0.05) is 30.3 Å². The fraction of sp³-hybridized carbons (Fsp3) is 0.333. The molecule has 0 unspecified atom stereocenters. The van der Waals surface area contributed by atoms with E-state index in [1.807, 2.05) is 36.4 Å². The summed E-state index contributed by atoms with van der Waals surface area (Å²) in [6.07, 6.45) is -0.469. The van der Waals surface area contributed by atoms with Gasteiger partial charge in [-0.05, 0) is 47.2 Å². The highest BCUT2D eigenvalue weighted by Gasteiger charge is 2.23. The summed E-state index contributed by atoms with van der Waals surface area (Å²) in [4.78, 5) is 3.81. The lowest BCUT2D eigenvalue weighted by Gasteiger charge is -2.34. The van der Waals surface area contributed by atoms with E-state index in [2.05, 4.69) is 35.2 Å². The van der Waals surface area contributed by atoms with Crippen molar-refractivity contribution in [3.8, 4) is 11.5 Å². The number of nitrogens with one attached hydrogen (secondary N) is 1. The molecule has 0 saturated carbocycles. The molecule has 1 aliphatic heterocycles. The molecule has 1 heterocycles. The van der Waals surface area contributed by atoms with Crippen molar-refractivity contribution in [1.29, 1.82) is 0 Å². The number of hydrogen-bond acceptors (Lipinski definition) is 4. The molecule has 1 fully saturated rings. The Bertz CT molecular complexity index is 921. The Morgan fingerprint density at radius 2 is 1.62 bits per heavy atom. The van der Waals surface area contributed by atoms with Crippen molar-refractivity contribution < 1.29 is 19.5 Å². The van der Waals surface area contributed by atoms with E-state index >= 15 is 0 Å². The zero-order valence-corrected chi connectivity index (χ0v) is 16.9. The molecule has 29 heavy (non-hydrogen) atoms. The fourth-order valence-corrected chi connectivity index (χ4v) is 3.92. The highest BCUT2D eigenvalue weighted by atomic mass is 16.5. The Morgan fingerprint density at radius 3 is 2.34 bits per heavy atom. The minimum atomic E-state index is -0.469. The summed E-state index contributed by atoms with van der Waals surface area (Å²) in [7, 11) is 1.69. The fourth-order valence-electron chi connectivity index (χ4n) is 3.92. The third kappa shape index (κ3) is 5.00. The molecule has 0 amide bonds. The van der Waals surface area contributed by atoms with Gasteiger partial charge < -0.3 is 24.4 Å². The standard InChI is InChI=1S/C24H28N2O3/c1-28-23-10-7-21(8-11-23)26-14-12-25(13-15-26)17-22(27)18-29-24-9-6-19-4-2-3-5-20(19)16-24/h2-11,16,22,27H,12-15,17-18H2,1H3/p+1/t22-/m1/s1. The Kier molecular flexibility index (Phi) is 6.17. The van der Waals surface area contributed by atoms with Crippen molar-refractivity contribution in [3.63, 3.8) is 0 Å². The maximum atomic E-state index is 10.4. The molecule has 5 heteroatoms. The Balaban J connectivity index is 1.23. The van der Waals surface area contributed by atoms with Crippen LogP contribution in [0, 0.1) is 0 Å². The predicted molar refractivity (Wildman–Crippen MR) is 116 cm³/mol. The first kappa shape index (κ1) is 19.6. The molecule has 5 nitrogen and oxygen atoms in total. The molecule has 0 aliphatic carbocycles. The van der Waals surface area contributed by atoms with Gasteiger partial charge in [-0.25, -0.2) is 0 Å². The average molecular weight is 394 g/mol. The average Bonchev–Trinajstić information content (AvgIpc) is 2.78. The molecule has 4 rings (SSSR count). The van der Waals surface area contributed by atoms with Crippen molar-refractivity contribution >= 4 is 16.5 Å². The van der Waals surface area contributed by atoms with Gasteiger partial charge in [0.1, 0.15) is 30.8 Å². The number of aliphatic hydroxyl groups excluding tert-OH is 1. The number of nitrogens with zero attached hydrogens (tertiary/aromatic N) is 1. The lowest BCUT2D eigenvalue weighted by molar-refractivity contribution is -0.903. The molecule has 152 valence electrons. The van der Waals surface area contributed by atoms with Gasteiger partial charge in [-0.3, -0.25) is 0 Å². The Morgan fingerprint density at radius 1 is 0.931 bits per heavy atom. The molecule has 0 aromatic heterocycles. The minimum absolute atomic E-state index is 0.323. The number of hydrogen-bond donors (Lipinski definition) is 2. The normalized spacial score (nSPS) is 16.0. The first-order valence-electron chi connectivity index (χ1n) is 10.2. The zero-order valence-electron chi connectivity index (χ0n) is 16.9. The van der Waals surface area contributed by atoms with Crippen molar-refractivity contribution in [2.75, 3.05) is 51.3 Å². The third-order valence-corrected chi connectivity index (χ3v) is 5.60. The van der Waals surface area contributed by atoms with Crippen LogP contribution in [-0.2, 0) is 0 Å². The number of benzene rings is 3. The van der Waals surface area contributed by atoms with Gasteiger partial charge in [0.25, 0.3) is 0 Å². The van der Waals surface area contributed by atoms with E-state index in [0.717, 1.165) is 43.1 Å². The molecule has 1 atom stereocenters. The maximum absolute atomic E-state index is 10.4. The molecule has 0 radical (unpaired) electrons. The number of rotatable bonds is 7. The smallest absolute Gasteiger partial charge is 0.137 e. The molecule has 0 spiro atoms. The lowest BCUT2D eigenvalue weighted by atomic mass is 10.1. The van der Waals surface area contributed by atoms with Crippen LogP contribution in [0.3, 0.4) is 0 Å². The largest absolute Gasteiger partial charge is 0.497 e. The molecular formula is C24H29N2O3+. The van der Waals surface area contributed by atoms with Crippen LogP contribution in [0.4, 0.5) is 5.69 Å². The van der Waals surface area contributed by atoms with Crippen LogP contribution in [0.2, 0.25) is 0 Å². The summed E-state index contributed by atoms with van der Waals surface area (Å²) in [6.45, 7) is 5.03. The molecule has 3 aromatic carbocycles. The van der Waals surface area contributed by atoms with E-state index in [-0.39, 0.29) is 0 Å². The lowest BCUT2D eigenvalue weighted by Crippen LogP contribution is -3.16. The van der Waals surface area contributed by atoms with E-state index in [9.17, 15) is 5.11 Å². The highest BCUT2D eigenvalue weighted by molar-refractivity contribution is 5.83. The summed E-state index contributed by atoms with van der Waals surface area (Å²) in [6, 6.07) is 22.5. The van der Waals surface area contributed by atoms with E-state index in [1.165, 1.54) is 16.0 Å². The zero-order chi connectivity index (χ0) is 20.1. The van der Waals surface area contributed by atoms with E-state index in [4.69, 9.17) is 9.47 Å². The van der Waals surface area contributed by atoms with E-state index in [0.29, 0.717) is 13.2 Å². The molecule has 0 bridgehead atoms. The van der Waals surface area contributed by atoms with Gasteiger partial charge in [0.15, 0.2) is 0 Å². The van der Waals surface area contributed by atoms with Crippen LogP contribution < -0.4 is 19.3 Å². The molecule has 3 aromatic rings. The third-order valence-electron chi connectivity index (χ3n) is 5.60. The summed E-state index contributed by atoms with van der Waals surface area (Å²) in [5, 5.41) is 12.8. The van der Waals surface area contributed by atoms with Crippen LogP contribution in [0.1, 0.15) is 0 Å². The van der Waals surface area contributed by atoms with Crippen LogP contribution in [0.15, 0.2) is 66.7 Å². The van der Waals surface area contributed by atoms with E-state index in [1.54, 1.807) is 7.11 Å².